The lowest BCUT2D eigenvalue weighted by molar-refractivity contribution is 0.825. The van der Waals surface area contributed by atoms with Gasteiger partial charge in [0.2, 0.25) is 0 Å². The quantitative estimate of drug-likeness (QED) is 0.805. The maximum atomic E-state index is 6.10. The van der Waals surface area contributed by atoms with Crippen LogP contribution >= 0.6 is 35.4 Å². The van der Waals surface area contributed by atoms with Gasteiger partial charge in [0.1, 0.15) is 0 Å². The van der Waals surface area contributed by atoms with Crippen molar-refractivity contribution in [3.05, 3.63) is 39.6 Å². The Bertz CT molecular complexity index is 583. The summed E-state index contributed by atoms with van der Waals surface area (Å²) < 4.78 is 2.43. The first-order chi connectivity index (χ1) is 7.09. The highest BCUT2D eigenvalue weighted by atomic mass is 35.5. The van der Waals surface area contributed by atoms with Crippen LogP contribution in [-0.4, -0.2) is 9.55 Å². The summed E-state index contributed by atoms with van der Waals surface area (Å²) in [7, 11) is 0. The van der Waals surface area contributed by atoms with Gasteiger partial charge in [-0.05, 0) is 24.4 Å². The van der Waals surface area contributed by atoms with Crippen molar-refractivity contribution in [1.29, 1.82) is 0 Å². The minimum absolute atomic E-state index is 0.462. The SMILES string of the molecule is C=C(Cl)Cn1c(=S)[nH]c2cccc(Cl)c21. The van der Waals surface area contributed by atoms with E-state index in [1.54, 1.807) is 0 Å². The molecule has 1 N–H and O–H groups in total. The van der Waals surface area contributed by atoms with Gasteiger partial charge in [0.05, 0.1) is 22.6 Å². The van der Waals surface area contributed by atoms with Crippen LogP contribution in [0.1, 0.15) is 0 Å². The molecular weight excluding hydrogens is 251 g/mol. The number of aromatic amines is 1. The Kier molecular flexibility index (Phi) is 2.87. The number of imidazole rings is 1. The first-order valence-corrected chi connectivity index (χ1v) is 5.46. The summed E-state index contributed by atoms with van der Waals surface area (Å²) in [5.74, 6) is 0. The van der Waals surface area contributed by atoms with Crippen molar-refractivity contribution in [2.45, 2.75) is 6.54 Å². The van der Waals surface area contributed by atoms with Crippen molar-refractivity contribution in [3.8, 4) is 0 Å². The smallest absolute Gasteiger partial charge is 0.178 e. The molecule has 0 spiro atoms. The average Bonchev–Trinajstić information content (AvgIpc) is 2.43. The van der Waals surface area contributed by atoms with Crippen LogP contribution < -0.4 is 0 Å². The normalized spacial score (nSPS) is 10.8. The Hall–Kier alpha value is -0.770. The molecule has 0 aliphatic heterocycles. The van der Waals surface area contributed by atoms with Crippen LogP contribution in [0.4, 0.5) is 0 Å². The van der Waals surface area contributed by atoms with Crippen LogP contribution in [0.25, 0.3) is 11.0 Å². The Balaban J connectivity index is 2.76. The number of nitrogens with zero attached hydrogens (tertiary/aromatic N) is 1. The molecule has 0 unspecified atom stereocenters. The number of nitrogens with one attached hydrogen (secondary N) is 1. The van der Waals surface area contributed by atoms with Gasteiger partial charge in [0.15, 0.2) is 4.77 Å². The third-order valence-corrected chi connectivity index (χ3v) is 2.82. The molecular formula is C10H8Cl2N2S. The number of halogens is 2. The van der Waals surface area contributed by atoms with E-state index in [0.717, 1.165) is 11.0 Å². The maximum absolute atomic E-state index is 6.10. The molecule has 2 nitrogen and oxygen atoms in total. The molecule has 0 aliphatic carbocycles. The summed E-state index contributed by atoms with van der Waals surface area (Å²) in [6.45, 7) is 4.11. The fourth-order valence-electron chi connectivity index (χ4n) is 1.50. The molecule has 1 aromatic heterocycles. The van der Waals surface area contributed by atoms with Crippen molar-refractivity contribution < 1.29 is 0 Å². The molecule has 78 valence electrons. The summed E-state index contributed by atoms with van der Waals surface area (Å²) in [5.41, 5.74) is 1.77. The summed E-state index contributed by atoms with van der Waals surface area (Å²) in [5, 5.41) is 1.17. The van der Waals surface area contributed by atoms with Gasteiger partial charge < -0.3 is 9.55 Å². The van der Waals surface area contributed by atoms with E-state index in [9.17, 15) is 0 Å². The number of aromatic nitrogens is 2. The third kappa shape index (κ3) is 1.95. The molecule has 2 rings (SSSR count). The lowest BCUT2D eigenvalue weighted by Crippen LogP contribution is -1.97. The summed E-state index contributed by atoms with van der Waals surface area (Å²) in [6.07, 6.45) is 0. The van der Waals surface area contributed by atoms with Crippen LogP contribution in [0.3, 0.4) is 0 Å². The zero-order valence-electron chi connectivity index (χ0n) is 7.76. The van der Waals surface area contributed by atoms with E-state index in [1.807, 2.05) is 22.8 Å². The molecule has 0 aliphatic rings. The van der Waals surface area contributed by atoms with Gasteiger partial charge in [0.25, 0.3) is 0 Å². The number of fused-ring (bicyclic) bond motifs is 1. The van der Waals surface area contributed by atoms with Gasteiger partial charge in [-0.25, -0.2) is 0 Å². The summed E-state index contributed by atoms with van der Waals surface area (Å²) in [6, 6.07) is 5.61. The number of benzene rings is 1. The summed E-state index contributed by atoms with van der Waals surface area (Å²) >= 11 is 17.1. The first kappa shape index (κ1) is 10.7. The van der Waals surface area contributed by atoms with Crippen molar-refractivity contribution >= 4 is 46.5 Å². The van der Waals surface area contributed by atoms with E-state index < -0.39 is 0 Å². The van der Waals surface area contributed by atoms with E-state index in [2.05, 4.69) is 11.6 Å². The predicted molar refractivity (Wildman–Crippen MR) is 67.1 cm³/mol. The fraction of sp³-hybridized carbons (Fsp3) is 0.100. The second-order valence-corrected chi connectivity index (χ2v) is 4.50. The van der Waals surface area contributed by atoms with Gasteiger partial charge in [-0.1, -0.05) is 35.8 Å². The van der Waals surface area contributed by atoms with Crippen LogP contribution in [0.15, 0.2) is 29.8 Å². The Morgan fingerprint density at radius 3 is 2.93 bits per heavy atom. The highest BCUT2D eigenvalue weighted by molar-refractivity contribution is 7.71. The average molecular weight is 259 g/mol. The molecule has 0 saturated carbocycles. The standard InChI is InChI=1S/C10H8Cl2N2S/c1-6(11)5-14-9-7(12)3-2-4-8(9)13-10(14)15/h2-4H,1,5H2,(H,13,15). The largest absolute Gasteiger partial charge is 0.331 e. The highest BCUT2D eigenvalue weighted by Gasteiger charge is 2.07. The molecule has 2 aromatic rings. The van der Waals surface area contributed by atoms with Gasteiger partial charge in [-0.2, -0.15) is 0 Å². The molecule has 5 heteroatoms. The van der Waals surface area contributed by atoms with E-state index in [0.29, 0.717) is 21.4 Å². The minimum atomic E-state index is 0.462. The molecule has 1 aromatic carbocycles. The van der Waals surface area contributed by atoms with Gasteiger partial charge in [0, 0.05) is 5.03 Å². The molecule has 15 heavy (non-hydrogen) atoms. The first-order valence-electron chi connectivity index (χ1n) is 4.30. The Morgan fingerprint density at radius 2 is 2.27 bits per heavy atom. The van der Waals surface area contributed by atoms with Gasteiger partial charge in [-0.3, -0.25) is 0 Å². The monoisotopic (exact) mass is 258 g/mol. The van der Waals surface area contributed by atoms with Crippen LogP contribution in [0.2, 0.25) is 5.02 Å². The molecule has 0 fully saturated rings. The van der Waals surface area contributed by atoms with Crippen molar-refractivity contribution in [2.75, 3.05) is 0 Å². The lowest BCUT2D eigenvalue weighted by Gasteiger charge is -2.03. The van der Waals surface area contributed by atoms with Crippen LogP contribution in [0, 0.1) is 4.77 Å². The minimum Gasteiger partial charge on any atom is -0.331 e. The summed E-state index contributed by atoms with van der Waals surface area (Å²) in [4.78, 5) is 3.07. The number of hydrogen-bond acceptors (Lipinski definition) is 1. The van der Waals surface area contributed by atoms with Gasteiger partial charge in [-0.15, -0.1) is 0 Å². The predicted octanol–water partition coefficient (Wildman–Crippen LogP) is 4.10. The maximum Gasteiger partial charge on any atom is 0.178 e. The van der Waals surface area contributed by atoms with E-state index in [1.165, 1.54) is 0 Å². The molecule has 0 bridgehead atoms. The van der Waals surface area contributed by atoms with Crippen LogP contribution in [0.5, 0.6) is 0 Å². The molecule has 0 atom stereocenters. The van der Waals surface area contributed by atoms with Crippen LogP contribution in [-0.2, 0) is 6.54 Å². The topological polar surface area (TPSA) is 20.7 Å². The molecule has 0 radical (unpaired) electrons. The number of allylic oxidation sites excluding steroid dienone is 1. The Morgan fingerprint density at radius 1 is 1.53 bits per heavy atom. The molecule has 1 heterocycles. The van der Waals surface area contributed by atoms with Crippen molar-refractivity contribution in [2.24, 2.45) is 0 Å². The van der Waals surface area contributed by atoms with E-state index >= 15 is 0 Å². The number of rotatable bonds is 2. The fourth-order valence-corrected chi connectivity index (χ4v) is 2.16. The molecule has 0 amide bonds. The number of para-hydroxylation sites is 1. The Labute approximate surface area is 102 Å². The van der Waals surface area contributed by atoms with Gasteiger partial charge >= 0.3 is 0 Å². The molecule has 0 saturated heterocycles. The number of H-pyrrole nitrogens is 1. The number of hydrogen-bond donors (Lipinski definition) is 1. The lowest BCUT2D eigenvalue weighted by atomic mass is 10.3. The van der Waals surface area contributed by atoms with Crippen molar-refractivity contribution in [3.63, 3.8) is 0 Å². The second kappa shape index (κ2) is 4.00. The van der Waals surface area contributed by atoms with E-state index in [4.69, 9.17) is 35.4 Å². The second-order valence-electron chi connectivity index (χ2n) is 3.17. The van der Waals surface area contributed by atoms with Crippen molar-refractivity contribution in [1.82, 2.24) is 9.55 Å². The zero-order chi connectivity index (χ0) is 11.0. The van der Waals surface area contributed by atoms with E-state index in [-0.39, 0.29) is 0 Å². The third-order valence-electron chi connectivity index (χ3n) is 2.07. The zero-order valence-corrected chi connectivity index (χ0v) is 10.1. The highest BCUT2D eigenvalue weighted by Crippen LogP contribution is 2.24.